The highest BCUT2D eigenvalue weighted by atomic mass is 16.6. The minimum atomic E-state index is -0.861. The predicted octanol–water partition coefficient (Wildman–Crippen LogP) is 6.38. The summed E-state index contributed by atoms with van der Waals surface area (Å²) >= 11 is 0. The van der Waals surface area contributed by atoms with Crippen LogP contribution in [-0.4, -0.2) is 71.9 Å². The van der Waals surface area contributed by atoms with Gasteiger partial charge in [0.1, 0.15) is 34.8 Å². The van der Waals surface area contributed by atoms with E-state index >= 15 is 0 Å². The first-order valence-corrected chi connectivity index (χ1v) is 16.7. The second kappa shape index (κ2) is 13.9. The summed E-state index contributed by atoms with van der Waals surface area (Å²) in [4.78, 5) is 47.0. The van der Waals surface area contributed by atoms with Gasteiger partial charge >= 0.3 is 12.1 Å². The van der Waals surface area contributed by atoms with Gasteiger partial charge in [0.2, 0.25) is 5.91 Å². The number of pyridine rings is 1. The molecule has 2 fully saturated rings. The third-order valence-electron chi connectivity index (χ3n) is 9.46. The zero-order valence-electron chi connectivity index (χ0n) is 28.0. The highest BCUT2D eigenvalue weighted by Crippen LogP contribution is 2.49. The van der Waals surface area contributed by atoms with Crippen molar-refractivity contribution in [2.75, 3.05) is 20.8 Å². The second-order valence-electron chi connectivity index (χ2n) is 13.9. The molecule has 2 aliphatic heterocycles. The molecule has 0 bridgehead atoms. The quantitative estimate of drug-likeness (QED) is 0.172. The lowest BCUT2D eigenvalue weighted by Gasteiger charge is -2.39. The Kier molecular flexibility index (Phi) is 10.1. The van der Waals surface area contributed by atoms with Crippen LogP contribution in [0.2, 0.25) is 0 Å². The van der Waals surface area contributed by atoms with E-state index in [1.807, 2.05) is 24.3 Å². The number of ether oxygens (including phenoxy) is 4. The number of nitrogens with zero attached hydrogens (tertiary/aromatic N) is 2. The zero-order valence-corrected chi connectivity index (χ0v) is 28.0. The Labute approximate surface area is 272 Å². The van der Waals surface area contributed by atoms with Crippen molar-refractivity contribution in [3.05, 3.63) is 42.1 Å². The number of methoxy groups -OCH3 is 2. The van der Waals surface area contributed by atoms with Crippen LogP contribution in [-0.2, 0) is 25.5 Å². The number of aryl methyl sites for hydroxylation is 1. The van der Waals surface area contributed by atoms with Gasteiger partial charge in [-0.3, -0.25) is 4.79 Å². The monoisotopic (exact) mass is 635 g/mol. The fourth-order valence-electron chi connectivity index (χ4n) is 6.88. The molecule has 10 heteroatoms. The summed E-state index contributed by atoms with van der Waals surface area (Å²) in [5, 5.41) is 3.81. The summed E-state index contributed by atoms with van der Waals surface area (Å²) in [5.74, 6) is 1.01. The number of unbranched alkanes of at least 4 members (excludes halogenated alkanes) is 3. The molecule has 1 aromatic heterocycles. The van der Waals surface area contributed by atoms with Crippen molar-refractivity contribution in [1.82, 2.24) is 15.2 Å². The number of hydrogen-bond acceptors (Lipinski definition) is 8. The average Bonchev–Trinajstić information content (AvgIpc) is 3.36. The maximum atomic E-state index is 14.3. The molecule has 1 spiro atoms. The van der Waals surface area contributed by atoms with Gasteiger partial charge in [0.05, 0.1) is 32.0 Å². The van der Waals surface area contributed by atoms with E-state index in [1.54, 1.807) is 32.8 Å². The Balaban J connectivity index is 1.45. The van der Waals surface area contributed by atoms with Gasteiger partial charge in [0.25, 0.3) is 0 Å². The van der Waals surface area contributed by atoms with Gasteiger partial charge in [0, 0.05) is 23.3 Å². The molecule has 3 atom stereocenters. The van der Waals surface area contributed by atoms with Gasteiger partial charge in [-0.05, 0) is 83.9 Å². The van der Waals surface area contributed by atoms with E-state index in [-0.39, 0.29) is 12.5 Å². The van der Waals surface area contributed by atoms with Crippen molar-refractivity contribution in [3.63, 3.8) is 0 Å². The first kappa shape index (κ1) is 33.5. The molecule has 1 N–H and O–H groups in total. The second-order valence-corrected chi connectivity index (χ2v) is 13.9. The number of likely N-dealkylation sites (tertiary alicyclic amines) is 1. The molecule has 1 aliphatic carbocycles. The number of aromatic nitrogens is 1. The zero-order chi connectivity index (χ0) is 33.1. The Morgan fingerprint density at radius 1 is 1.20 bits per heavy atom. The van der Waals surface area contributed by atoms with E-state index in [9.17, 15) is 14.4 Å². The van der Waals surface area contributed by atoms with Gasteiger partial charge in [0.15, 0.2) is 0 Å². The van der Waals surface area contributed by atoms with Gasteiger partial charge < -0.3 is 29.2 Å². The maximum absolute atomic E-state index is 14.3. The van der Waals surface area contributed by atoms with E-state index in [0.29, 0.717) is 31.6 Å². The first-order chi connectivity index (χ1) is 22.0. The van der Waals surface area contributed by atoms with Crippen molar-refractivity contribution < 1.29 is 33.3 Å². The highest BCUT2D eigenvalue weighted by Gasteiger charge is 2.54. The molecule has 1 aromatic carbocycles. The summed E-state index contributed by atoms with van der Waals surface area (Å²) < 4.78 is 23.2. The van der Waals surface area contributed by atoms with Gasteiger partial charge in [-0.2, -0.15) is 0 Å². The number of carbonyl (C=O) groups excluding carboxylic acids is 3. The summed E-state index contributed by atoms with van der Waals surface area (Å²) in [7, 11) is 2.99. The Bertz CT molecular complexity index is 1460. The molecule has 3 aliphatic rings. The van der Waals surface area contributed by atoms with Gasteiger partial charge in [-0.25, -0.2) is 14.6 Å². The van der Waals surface area contributed by atoms with Crippen LogP contribution in [0.25, 0.3) is 10.9 Å². The normalized spacial score (nSPS) is 21.6. The van der Waals surface area contributed by atoms with E-state index < -0.39 is 35.3 Å². The molecule has 0 unspecified atom stereocenters. The van der Waals surface area contributed by atoms with Crippen LogP contribution in [0.3, 0.4) is 0 Å². The fourth-order valence-corrected chi connectivity index (χ4v) is 6.88. The van der Waals surface area contributed by atoms with Crippen molar-refractivity contribution in [1.29, 1.82) is 0 Å². The lowest BCUT2D eigenvalue weighted by molar-refractivity contribution is -0.151. The van der Waals surface area contributed by atoms with Crippen LogP contribution in [0.1, 0.15) is 102 Å². The van der Waals surface area contributed by atoms with Crippen LogP contribution in [0.15, 0.2) is 30.9 Å². The van der Waals surface area contributed by atoms with Crippen molar-refractivity contribution in [3.8, 4) is 11.5 Å². The van der Waals surface area contributed by atoms with E-state index in [0.717, 1.165) is 78.6 Å². The number of hydrogen-bond donors (Lipinski definition) is 1. The molecule has 2 aromatic rings. The first-order valence-electron chi connectivity index (χ1n) is 16.7. The lowest BCUT2D eigenvalue weighted by atomic mass is 9.79. The summed E-state index contributed by atoms with van der Waals surface area (Å²) in [6.07, 6.45) is 9.93. The van der Waals surface area contributed by atoms with Crippen molar-refractivity contribution in [2.45, 2.75) is 121 Å². The van der Waals surface area contributed by atoms with E-state index in [4.69, 9.17) is 23.9 Å². The molecule has 5 rings (SSSR count). The van der Waals surface area contributed by atoms with Crippen LogP contribution in [0, 0.1) is 0 Å². The molecular weight excluding hydrogens is 586 g/mol. The maximum Gasteiger partial charge on any atom is 0.408 e. The number of carbonyl (C=O) groups is 3. The molecule has 0 radical (unpaired) electrons. The highest BCUT2D eigenvalue weighted by molar-refractivity contribution is 5.91. The van der Waals surface area contributed by atoms with Crippen LogP contribution in [0.5, 0.6) is 11.5 Å². The average molecular weight is 636 g/mol. The third-order valence-corrected chi connectivity index (χ3v) is 9.46. The third kappa shape index (κ3) is 7.26. The predicted molar refractivity (Wildman–Crippen MR) is 175 cm³/mol. The summed E-state index contributed by atoms with van der Waals surface area (Å²) in [6, 6.07) is 4.24. The van der Waals surface area contributed by atoms with Crippen LogP contribution in [0.4, 0.5) is 4.79 Å². The summed E-state index contributed by atoms with van der Waals surface area (Å²) in [6.45, 7) is 9.32. The Morgan fingerprint density at radius 2 is 1.98 bits per heavy atom. The van der Waals surface area contributed by atoms with E-state index in [1.165, 1.54) is 7.11 Å². The van der Waals surface area contributed by atoms with Crippen LogP contribution < -0.4 is 14.8 Å². The topological polar surface area (TPSA) is 116 Å². The number of amides is 2. The summed E-state index contributed by atoms with van der Waals surface area (Å²) in [5.41, 5.74) is 1.45. The largest absolute Gasteiger partial charge is 0.497 e. The van der Waals surface area contributed by atoms with Gasteiger partial charge in [-0.15, -0.1) is 6.58 Å². The Morgan fingerprint density at radius 3 is 2.63 bits per heavy atom. The van der Waals surface area contributed by atoms with Crippen molar-refractivity contribution in [2.24, 2.45) is 0 Å². The molecule has 2 amide bonds. The standard InChI is InChI=1S/C36H49N3O7/c1-7-8-9-10-11-15-28(38-34(42)46-35(2,3)4)32(40)39-22-36(21-29(39)33(41)44-6)19-18-25-26-20-24(43-5)16-17-27(26)37-30(31(25)45-36)23-13-12-14-23/h7,16-17,20,23,28-29H,1,8-15,18-19,21-22H2,2-6H3,(H,38,42)/t28-,29-,36+/m0/s1. The number of benzene rings is 1. The molecule has 250 valence electrons. The minimum absolute atomic E-state index is 0.203. The van der Waals surface area contributed by atoms with Crippen molar-refractivity contribution >= 4 is 28.9 Å². The minimum Gasteiger partial charge on any atom is -0.497 e. The SMILES string of the molecule is C=CCCCCC[C@H](NC(=O)OC(C)(C)C)C(=O)N1C[C@@]2(CCc3c(c(C4CCC4)nc4ccc(OC)cc34)O2)C[C@H]1C(=O)OC. The number of fused-ring (bicyclic) bond motifs is 3. The molecule has 1 saturated carbocycles. The fraction of sp³-hybridized carbons (Fsp3) is 0.611. The number of rotatable bonds is 11. The molecule has 46 heavy (non-hydrogen) atoms. The molecule has 3 heterocycles. The lowest BCUT2D eigenvalue weighted by Crippen LogP contribution is -2.53. The number of esters is 1. The molecule has 1 saturated heterocycles. The number of allylic oxidation sites excluding steroid dienone is 1. The molecular formula is C36H49N3O7. The van der Waals surface area contributed by atoms with E-state index in [2.05, 4.69) is 11.9 Å². The van der Waals surface area contributed by atoms with Gasteiger partial charge in [-0.1, -0.05) is 25.3 Å². The molecule has 10 nitrogen and oxygen atoms in total. The Hall–Kier alpha value is -3.82. The number of nitrogens with one attached hydrogen (secondary N) is 1. The smallest absolute Gasteiger partial charge is 0.408 e. The van der Waals surface area contributed by atoms with Crippen LogP contribution >= 0.6 is 0 Å². The number of alkyl carbamates (subject to hydrolysis) is 1.